The molecule has 0 aliphatic carbocycles. The summed E-state index contributed by atoms with van der Waals surface area (Å²) < 4.78 is 11.2. The minimum atomic E-state index is 0.683. The highest BCUT2D eigenvalue weighted by atomic mass is 16.3. The van der Waals surface area contributed by atoms with Gasteiger partial charge in [-0.25, -0.2) is 9.97 Å². The number of benzene rings is 8. The molecule has 57 heavy (non-hydrogen) atoms. The van der Waals surface area contributed by atoms with Gasteiger partial charge in [-0.05, 0) is 78.9 Å². The molecule has 0 spiro atoms. The van der Waals surface area contributed by atoms with Crippen molar-refractivity contribution in [2.24, 2.45) is 0 Å². The zero-order valence-corrected chi connectivity index (χ0v) is 30.7. The molecule has 0 unspecified atom stereocenters. The Bertz CT molecular complexity index is 3390. The van der Waals surface area contributed by atoms with Gasteiger partial charge in [0.05, 0.1) is 38.8 Å². The minimum Gasteiger partial charge on any atom is -0.456 e. The standard InChI is InChI=1S/C52H32N4O/c1-3-13-33(14-4-1)43-32-44(34-15-5-2-6-16-34)54-52(53-43)35-23-25-36(26-24-35)56-47-29-27-37(55-45-20-10-7-17-38(45)39-18-8-11-21-46(39)55)31-42(47)40-28-30-49-50(51(40)56)41-19-9-12-22-48(41)57-49/h1-32H. The summed E-state index contributed by atoms with van der Waals surface area (Å²) in [6.45, 7) is 0. The lowest BCUT2D eigenvalue weighted by atomic mass is 10.1. The molecule has 266 valence electrons. The molecule has 0 aliphatic rings. The van der Waals surface area contributed by atoms with Gasteiger partial charge in [0.15, 0.2) is 5.82 Å². The van der Waals surface area contributed by atoms with E-state index in [2.05, 4.69) is 161 Å². The lowest BCUT2D eigenvalue weighted by Crippen LogP contribution is -1.98. The van der Waals surface area contributed by atoms with Crippen LogP contribution in [0.1, 0.15) is 0 Å². The van der Waals surface area contributed by atoms with Crippen molar-refractivity contribution in [2.75, 3.05) is 0 Å². The Kier molecular flexibility index (Phi) is 6.86. The normalized spacial score (nSPS) is 11.9. The second kappa shape index (κ2) is 12.4. The topological polar surface area (TPSA) is 48.8 Å². The Labute approximate surface area is 327 Å². The van der Waals surface area contributed by atoms with E-state index in [0.29, 0.717) is 5.82 Å². The number of fused-ring (bicyclic) bond motifs is 10. The van der Waals surface area contributed by atoms with Crippen molar-refractivity contribution in [2.45, 2.75) is 0 Å². The molecule has 0 amide bonds. The van der Waals surface area contributed by atoms with Crippen molar-refractivity contribution in [1.29, 1.82) is 0 Å². The van der Waals surface area contributed by atoms with Crippen LogP contribution in [0.4, 0.5) is 0 Å². The van der Waals surface area contributed by atoms with Crippen LogP contribution >= 0.6 is 0 Å². The third kappa shape index (κ3) is 4.89. The van der Waals surface area contributed by atoms with Gasteiger partial charge in [0.1, 0.15) is 11.2 Å². The van der Waals surface area contributed by atoms with Gasteiger partial charge >= 0.3 is 0 Å². The Morgan fingerprint density at radius 3 is 1.58 bits per heavy atom. The molecular formula is C52H32N4O. The van der Waals surface area contributed by atoms with E-state index in [9.17, 15) is 0 Å². The molecular weight excluding hydrogens is 697 g/mol. The van der Waals surface area contributed by atoms with Crippen molar-refractivity contribution in [3.8, 4) is 45.3 Å². The van der Waals surface area contributed by atoms with Gasteiger partial charge in [-0.3, -0.25) is 0 Å². The van der Waals surface area contributed by atoms with E-state index in [1.807, 2.05) is 42.5 Å². The SMILES string of the molecule is c1ccc(-c2cc(-c3ccccc3)nc(-c3ccc(-n4c5ccc(-n6c7ccccc7c7ccccc76)cc5c5ccc6oc7ccccc7c6c54)cc3)n2)cc1. The lowest BCUT2D eigenvalue weighted by Gasteiger charge is -2.12. The largest absolute Gasteiger partial charge is 0.456 e. The molecule has 0 saturated heterocycles. The fourth-order valence-corrected chi connectivity index (χ4v) is 8.76. The zero-order valence-electron chi connectivity index (χ0n) is 30.7. The fraction of sp³-hybridized carbons (Fsp3) is 0. The first-order chi connectivity index (χ1) is 28.3. The van der Waals surface area contributed by atoms with Crippen LogP contribution in [-0.4, -0.2) is 19.1 Å². The maximum atomic E-state index is 6.46. The van der Waals surface area contributed by atoms with E-state index < -0.39 is 0 Å². The number of aromatic nitrogens is 4. The number of rotatable bonds is 5. The smallest absolute Gasteiger partial charge is 0.160 e. The highest BCUT2D eigenvalue weighted by Gasteiger charge is 2.21. The fourth-order valence-electron chi connectivity index (χ4n) is 8.76. The summed E-state index contributed by atoms with van der Waals surface area (Å²) in [5.41, 5.74) is 13.4. The second-order valence-corrected chi connectivity index (χ2v) is 14.6. The first kappa shape index (κ1) is 31.6. The van der Waals surface area contributed by atoms with E-state index in [4.69, 9.17) is 14.4 Å². The lowest BCUT2D eigenvalue weighted by molar-refractivity contribution is 0.669. The maximum absolute atomic E-state index is 6.46. The third-order valence-electron chi connectivity index (χ3n) is 11.3. The molecule has 4 heterocycles. The monoisotopic (exact) mass is 728 g/mol. The van der Waals surface area contributed by atoms with E-state index >= 15 is 0 Å². The van der Waals surface area contributed by atoms with Gasteiger partial charge in [0.25, 0.3) is 0 Å². The Morgan fingerprint density at radius 1 is 0.351 bits per heavy atom. The van der Waals surface area contributed by atoms with E-state index in [1.165, 1.54) is 32.6 Å². The molecule has 0 atom stereocenters. The van der Waals surface area contributed by atoms with Crippen LogP contribution in [0, 0.1) is 0 Å². The first-order valence-corrected chi connectivity index (χ1v) is 19.2. The quantitative estimate of drug-likeness (QED) is 0.177. The molecule has 0 bridgehead atoms. The number of furan rings is 1. The van der Waals surface area contributed by atoms with Gasteiger partial charge in [-0.2, -0.15) is 0 Å². The van der Waals surface area contributed by atoms with Crippen molar-refractivity contribution >= 4 is 65.6 Å². The van der Waals surface area contributed by atoms with Crippen LogP contribution in [0.15, 0.2) is 199 Å². The van der Waals surface area contributed by atoms with Crippen LogP contribution < -0.4 is 0 Å². The summed E-state index contributed by atoms with van der Waals surface area (Å²) in [4.78, 5) is 10.2. The first-order valence-electron chi connectivity index (χ1n) is 19.2. The summed E-state index contributed by atoms with van der Waals surface area (Å²) >= 11 is 0. The molecule has 8 aromatic carbocycles. The van der Waals surface area contributed by atoms with Crippen LogP contribution in [0.2, 0.25) is 0 Å². The molecule has 0 saturated carbocycles. The van der Waals surface area contributed by atoms with Crippen LogP contribution in [0.25, 0.3) is 111 Å². The highest BCUT2D eigenvalue weighted by molar-refractivity contribution is 6.24. The Balaban J connectivity index is 1.08. The van der Waals surface area contributed by atoms with E-state index in [0.717, 1.165) is 72.4 Å². The van der Waals surface area contributed by atoms with Crippen molar-refractivity contribution in [3.63, 3.8) is 0 Å². The van der Waals surface area contributed by atoms with Gasteiger partial charge in [0.2, 0.25) is 0 Å². The van der Waals surface area contributed by atoms with Crippen LogP contribution in [0.5, 0.6) is 0 Å². The van der Waals surface area contributed by atoms with Crippen LogP contribution in [-0.2, 0) is 0 Å². The van der Waals surface area contributed by atoms with E-state index in [1.54, 1.807) is 0 Å². The number of hydrogen-bond acceptors (Lipinski definition) is 3. The third-order valence-corrected chi connectivity index (χ3v) is 11.3. The molecule has 4 aromatic heterocycles. The van der Waals surface area contributed by atoms with Crippen molar-refractivity contribution in [3.05, 3.63) is 194 Å². The number of hydrogen-bond donors (Lipinski definition) is 0. The van der Waals surface area contributed by atoms with Crippen molar-refractivity contribution < 1.29 is 4.42 Å². The average molecular weight is 729 g/mol. The predicted octanol–water partition coefficient (Wildman–Crippen LogP) is 13.6. The molecule has 0 fully saturated rings. The van der Waals surface area contributed by atoms with Crippen LogP contribution in [0.3, 0.4) is 0 Å². The van der Waals surface area contributed by atoms with Gasteiger partial charge < -0.3 is 13.6 Å². The van der Waals surface area contributed by atoms with E-state index in [-0.39, 0.29) is 0 Å². The Morgan fingerprint density at radius 2 is 0.912 bits per heavy atom. The summed E-state index contributed by atoms with van der Waals surface area (Å²) in [7, 11) is 0. The maximum Gasteiger partial charge on any atom is 0.160 e. The summed E-state index contributed by atoms with van der Waals surface area (Å²) in [6, 6.07) is 68.3. The second-order valence-electron chi connectivity index (χ2n) is 14.6. The van der Waals surface area contributed by atoms with Gasteiger partial charge in [-0.1, -0.05) is 115 Å². The zero-order chi connectivity index (χ0) is 37.5. The Hall–Kier alpha value is -7.76. The number of nitrogens with zero attached hydrogens (tertiary/aromatic N) is 4. The molecule has 5 heteroatoms. The minimum absolute atomic E-state index is 0.683. The molecule has 0 N–H and O–H groups in total. The van der Waals surface area contributed by atoms with Gasteiger partial charge in [-0.15, -0.1) is 0 Å². The molecule has 12 aromatic rings. The summed E-state index contributed by atoms with van der Waals surface area (Å²) in [6.07, 6.45) is 0. The predicted molar refractivity (Wildman–Crippen MR) is 234 cm³/mol. The molecule has 5 nitrogen and oxygen atoms in total. The molecule has 12 rings (SSSR count). The summed E-state index contributed by atoms with van der Waals surface area (Å²) in [5, 5.41) is 7.04. The molecule has 0 radical (unpaired) electrons. The summed E-state index contributed by atoms with van der Waals surface area (Å²) in [5.74, 6) is 0.683. The number of para-hydroxylation sites is 3. The average Bonchev–Trinajstić information content (AvgIpc) is 3.94. The highest BCUT2D eigenvalue weighted by Crippen LogP contribution is 2.42. The van der Waals surface area contributed by atoms with Crippen molar-refractivity contribution in [1.82, 2.24) is 19.1 Å². The molecule has 0 aliphatic heterocycles. The van der Waals surface area contributed by atoms with Gasteiger partial charge in [0, 0.05) is 55.0 Å².